The van der Waals surface area contributed by atoms with E-state index in [9.17, 15) is 9.59 Å². The third-order valence-electron chi connectivity index (χ3n) is 3.98. The second kappa shape index (κ2) is 7.59. The first-order chi connectivity index (χ1) is 12.6. The lowest BCUT2D eigenvalue weighted by Gasteiger charge is -2.18. The fraction of sp³-hybridized carbons (Fsp3) is 0.158. The molecule has 7 heteroatoms. The number of hydrogen-bond acceptors (Lipinski definition) is 5. The summed E-state index contributed by atoms with van der Waals surface area (Å²) in [5.41, 5.74) is 9.29. The highest BCUT2D eigenvalue weighted by atomic mass is 35.5. The van der Waals surface area contributed by atoms with Crippen LogP contribution in [0.3, 0.4) is 0 Å². The molecule has 1 aromatic heterocycles. The molecule has 3 rings (SSSR count). The smallest absolute Gasteiger partial charge is 0.357 e. The van der Waals surface area contributed by atoms with Crippen LogP contribution in [0.1, 0.15) is 10.5 Å². The van der Waals surface area contributed by atoms with Gasteiger partial charge in [-0.05, 0) is 29.1 Å². The molecule has 0 fully saturated rings. The number of benzene rings is 2. The molecule has 134 valence electrons. The molecule has 0 saturated heterocycles. The van der Waals surface area contributed by atoms with E-state index in [0.717, 1.165) is 5.56 Å². The number of halogens is 1. The van der Waals surface area contributed by atoms with Gasteiger partial charge in [-0.3, -0.25) is 4.79 Å². The largest absolute Gasteiger partial charge is 0.460 e. The van der Waals surface area contributed by atoms with Crippen molar-refractivity contribution in [3.8, 4) is 11.1 Å². The van der Waals surface area contributed by atoms with Gasteiger partial charge in [0, 0.05) is 29.6 Å². The Morgan fingerprint density at radius 2 is 1.92 bits per heavy atom. The number of pyridine rings is 1. The Morgan fingerprint density at radius 3 is 2.58 bits per heavy atom. The quantitative estimate of drug-likeness (QED) is 0.673. The van der Waals surface area contributed by atoms with Gasteiger partial charge in [-0.15, -0.1) is 0 Å². The lowest BCUT2D eigenvalue weighted by atomic mass is 9.97. The molecule has 0 aliphatic carbocycles. The van der Waals surface area contributed by atoms with Gasteiger partial charge in [-0.2, -0.15) is 0 Å². The molecule has 0 saturated carbocycles. The molecule has 0 spiro atoms. The molecule has 0 aliphatic rings. The van der Waals surface area contributed by atoms with E-state index in [2.05, 4.69) is 5.43 Å². The molecule has 1 heterocycles. The van der Waals surface area contributed by atoms with Gasteiger partial charge in [0.1, 0.15) is 6.61 Å². The van der Waals surface area contributed by atoms with Crippen LogP contribution in [0.15, 0.2) is 53.3 Å². The number of nitrogens with two attached hydrogens (primary N) is 1. The first kappa shape index (κ1) is 18.0. The van der Waals surface area contributed by atoms with E-state index >= 15 is 0 Å². The normalized spacial score (nSPS) is 10.7. The second-order valence-corrected chi connectivity index (χ2v) is 6.00. The predicted octanol–water partition coefficient (Wildman–Crippen LogP) is 2.61. The van der Waals surface area contributed by atoms with Crippen LogP contribution in [0.5, 0.6) is 0 Å². The maximum Gasteiger partial charge on any atom is 0.357 e. The van der Waals surface area contributed by atoms with Crippen LogP contribution in [0, 0.1) is 0 Å². The Bertz CT molecular complexity index is 1020. The third kappa shape index (κ3) is 3.16. The summed E-state index contributed by atoms with van der Waals surface area (Å²) in [5, 5.41) is 1.50. The van der Waals surface area contributed by atoms with Gasteiger partial charge in [0.25, 0.3) is 5.56 Å². The lowest BCUT2D eigenvalue weighted by molar-refractivity contribution is 0.0506. The number of esters is 1. The summed E-state index contributed by atoms with van der Waals surface area (Å²) in [6.07, 6.45) is 0. The molecule has 0 unspecified atom stereocenters. The molecule has 2 aromatic carbocycles. The average Bonchev–Trinajstić information content (AvgIpc) is 2.66. The maximum atomic E-state index is 12.9. The van der Waals surface area contributed by atoms with Gasteiger partial charge in [0.15, 0.2) is 5.69 Å². The van der Waals surface area contributed by atoms with Crippen LogP contribution < -0.4 is 16.7 Å². The Hall–Kier alpha value is -2.83. The average molecular weight is 372 g/mol. The zero-order chi connectivity index (χ0) is 18.7. The maximum absolute atomic E-state index is 12.9. The van der Waals surface area contributed by atoms with E-state index in [1.165, 1.54) is 4.68 Å². The number of aromatic nitrogens is 1. The highest BCUT2D eigenvalue weighted by Gasteiger charge is 2.24. The Balaban J connectivity index is 2.45. The predicted molar refractivity (Wildman–Crippen MR) is 103 cm³/mol. The Labute approximate surface area is 155 Å². The zero-order valence-electron chi connectivity index (χ0n) is 14.2. The van der Waals surface area contributed by atoms with Crippen molar-refractivity contribution in [3.05, 3.63) is 69.6 Å². The third-order valence-corrected chi connectivity index (χ3v) is 4.21. The van der Waals surface area contributed by atoms with Crippen LogP contribution in [0.25, 0.3) is 21.9 Å². The standard InChI is InChI=1S/C19H18ClN3O3/c1-22-23-17(19(25)26-10-9-21)16(12-5-3-2-4-6-12)15-11-13(20)7-8-14(15)18(23)24/h2-8,11,22H,9-10,21H2,1H3. The van der Waals surface area contributed by atoms with Gasteiger partial charge < -0.3 is 15.9 Å². The van der Waals surface area contributed by atoms with E-state index in [0.29, 0.717) is 21.4 Å². The number of ether oxygens (including phenoxy) is 1. The Kier molecular flexibility index (Phi) is 5.25. The lowest BCUT2D eigenvalue weighted by Crippen LogP contribution is -2.33. The van der Waals surface area contributed by atoms with Crippen molar-refractivity contribution in [2.45, 2.75) is 0 Å². The summed E-state index contributed by atoms with van der Waals surface area (Å²) in [6, 6.07) is 14.3. The zero-order valence-corrected chi connectivity index (χ0v) is 14.9. The molecule has 3 aromatic rings. The van der Waals surface area contributed by atoms with Gasteiger partial charge in [-0.1, -0.05) is 41.9 Å². The van der Waals surface area contributed by atoms with Crippen LogP contribution in [0.4, 0.5) is 0 Å². The molecular formula is C19H18ClN3O3. The highest BCUT2D eigenvalue weighted by molar-refractivity contribution is 6.31. The minimum absolute atomic E-state index is 0.0541. The van der Waals surface area contributed by atoms with Crippen molar-refractivity contribution < 1.29 is 9.53 Å². The van der Waals surface area contributed by atoms with Crippen LogP contribution >= 0.6 is 11.6 Å². The summed E-state index contributed by atoms with van der Waals surface area (Å²) in [5.74, 6) is -0.636. The summed E-state index contributed by atoms with van der Waals surface area (Å²) in [6.45, 7) is 0.244. The molecule has 0 aliphatic heterocycles. The number of hydrogen-bond donors (Lipinski definition) is 2. The van der Waals surface area contributed by atoms with Crippen molar-refractivity contribution in [1.29, 1.82) is 0 Å². The summed E-state index contributed by atoms with van der Waals surface area (Å²) >= 11 is 6.16. The minimum atomic E-state index is -0.636. The van der Waals surface area contributed by atoms with E-state index in [4.69, 9.17) is 22.1 Å². The molecule has 0 atom stereocenters. The number of carbonyl (C=O) groups is 1. The number of nitrogens with zero attached hydrogens (tertiary/aromatic N) is 1. The van der Waals surface area contributed by atoms with Gasteiger partial charge in [0.2, 0.25) is 0 Å². The summed E-state index contributed by atoms with van der Waals surface area (Å²) in [4.78, 5) is 25.6. The SMILES string of the molecule is CNn1c(C(=O)OCCN)c(-c2ccccc2)c2cc(Cl)ccc2c1=O. The molecular weight excluding hydrogens is 354 g/mol. The first-order valence-electron chi connectivity index (χ1n) is 8.07. The molecule has 0 amide bonds. The van der Waals surface area contributed by atoms with Crippen molar-refractivity contribution in [2.75, 3.05) is 25.6 Å². The van der Waals surface area contributed by atoms with E-state index in [1.54, 1.807) is 25.2 Å². The van der Waals surface area contributed by atoms with Crippen LogP contribution in [0.2, 0.25) is 5.02 Å². The fourth-order valence-corrected chi connectivity index (χ4v) is 3.07. The number of carbonyl (C=O) groups excluding carboxylic acids is 1. The van der Waals surface area contributed by atoms with Crippen LogP contribution in [-0.4, -0.2) is 30.8 Å². The monoisotopic (exact) mass is 371 g/mol. The number of rotatable bonds is 5. The number of fused-ring (bicyclic) bond motifs is 1. The van der Waals surface area contributed by atoms with Gasteiger partial charge in [-0.25, -0.2) is 9.47 Å². The molecule has 0 bridgehead atoms. The van der Waals surface area contributed by atoms with E-state index in [-0.39, 0.29) is 24.4 Å². The molecule has 0 radical (unpaired) electrons. The second-order valence-electron chi connectivity index (χ2n) is 5.57. The molecule has 3 N–H and O–H groups in total. The van der Waals surface area contributed by atoms with Gasteiger partial charge >= 0.3 is 5.97 Å². The summed E-state index contributed by atoms with van der Waals surface area (Å²) < 4.78 is 6.41. The van der Waals surface area contributed by atoms with Crippen molar-refractivity contribution >= 4 is 28.3 Å². The highest BCUT2D eigenvalue weighted by Crippen LogP contribution is 2.32. The minimum Gasteiger partial charge on any atom is -0.460 e. The number of nitrogens with one attached hydrogen (secondary N) is 1. The fourth-order valence-electron chi connectivity index (χ4n) is 2.89. The van der Waals surface area contributed by atoms with E-state index < -0.39 is 5.97 Å². The first-order valence-corrected chi connectivity index (χ1v) is 8.45. The van der Waals surface area contributed by atoms with Gasteiger partial charge in [0.05, 0.1) is 0 Å². The summed E-state index contributed by atoms with van der Waals surface area (Å²) in [7, 11) is 1.57. The van der Waals surface area contributed by atoms with Crippen molar-refractivity contribution in [3.63, 3.8) is 0 Å². The molecule has 26 heavy (non-hydrogen) atoms. The van der Waals surface area contributed by atoms with Crippen molar-refractivity contribution in [1.82, 2.24) is 4.68 Å². The Morgan fingerprint density at radius 1 is 1.19 bits per heavy atom. The van der Waals surface area contributed by atoms with Crippen molar-refractivity contribution in [2.24, 2.45) is 5.73 Å². The molecule has 6 nitrogen and oxygen atoms in total. The topological polar surface area (TPSA) is 86.3 Å². The van der Waals surface area contributed by atoms with E-state index in [1.807, 2.05) is 30.3 Å². The van der Waals surface area contributed by atoms with Crippen LogP contribution in [-0.2, 0) is 4.74 Å².